The summed E-state index contributed by atoms with van der Waals surface area (Å²) in [6, 6.07) is 14.3. The Balaban J connectivity index is 2.13. The lowest BCUT2D eigenvalue weighted by molar-refractivity contribution is 0.0817. The van der Waals surface area contributed by atoms with Crippen LogP contribution >= 0.6 is 27.5 Å². The Labute approximate surface area is 125 Å². The second-order valence-corrected chi connectivity index (χ2v) is 5.36. The number of hydrogen-bond acceptors (Lipinski definition) is 2. The van der Waals surface area contributed by atoms with E-state index in [1.807, 2.05) is 18.2 Å². The fraction of sp³-hybridized carbons (Fsp3) is 0.133. The molecule has 0 aliphatic rings. The predicted octanol–water partition coefficient (Wildman–Crippen LogP) is 4.75. The summed E-state index contributed by atoms with van der Waals surface area (Å²) in [6.45, 7) is 1.73. The number of ketones is 1. The van der Waals surface area contributed by atoms with Crippen LogP contribution in [0.2, 0.25) is 5.02 Å². The van der Waals surface area contributed by atoms with E-state index in [0.717, 1.165) is 4.47 Å². The molecule has 0 saturated heterocycles. The van der Waals surface area contributed by atoms with Crippen LogP contribution < -0.4 is 4.74 Å². The van der Waals surface area contributed by atoms with Crippen molar-refractivity contribution in [2.45, 2.75) is 13.0 Å². The fourth-order valence-corrected chi connectivity index (χ4v) is 2.43. The van der Waals surface area contributed by atoms with Crippen molar-refractivity contribution < 1.29 is 9.53 Å². The Kier molecular flexibility index (Phi) is 4.61. The van der Waals surface area contributed by atoms with Crippen molar-refractivity contribution in [1.82, 2.24) is 0 Å². The van der Waals surface area contributed by atoms with Crippen LogP contribution in [0.3, 0.4) is 0 Å². The molecule has 1 atom stereocenters. The zero-order valence-electron chi connectivity index (χ0n) is 10.3. The fourth-order valence-electron chi connectivity index (χ4n) is 1.65. The number of rotatable bonds is 4. The van der Waals surface area contributed by atoms with Gasteiger partial charge < -0.3 is 4.74 Å². The summed E-state index contributed by atoms with van der Waals surface area (Å²) in [5, 5.41) is 0.612. The molecule has 19 heavy (non-hydrogen) atoms. The van der Waals surface area contributed by atoms with E-state index < -0.39 is 6.10 Å². The van der Waals surface area contributed by atoms with Gasteiger partial charge in [0.1, 0.15) is 5.75 Å². The molecule has 0 heterocycles. The van der Waals surface area contributed by atoms with Crippen LogP contribution in [0.25, 0.3) is 0 Å². The molecular formula is C15H12BrClO2. The van der Waals surface area contributed by atoms with E-state index in [0.29, 0.717) is 16.3 Å². The SMILES string of the molecule is CC(Oc1ccc(Cl)cc1Br)C(=O)c1ccccc1. The van der Waals surface area contributed by atoms with Crippen LogP contribution in [0, 0.1) is 0 Å². The highest BCUT2D eigenvalue weighted by Crippen LogP contribution is 2.29. The van der Waals surface area contributed by atoms with Crippen molar-refractivity contribution in [3.63, 3.8) is 0 Å². The molecule has 0 saturated carbocycles. The molecule has 2 aromatic carbocycles. The van der Waals surface area contributed by atoms with Gasteiger partial charge in [0.2, 0.25) is 5.78 Å². The van der Waals surface area contributed by atoms with Gasteiger partial charge >= 0.3 is 0 Å². The molecule has 0 aliphatic heterocycles. The van der Waals surface area contributed by atoms with Gasteiger partial charge in [0.25, 0.3) is 0 Å². The van der Waals surface area contributed by atoms with E-state index in [9.17, 15) is 4.79 Å². The van der Waals surface area contributed by atoms with Crippen LogP contribution in [-0.4, -0.2) is 11.9 Å². The number of hydrogen-bond donors (Lipinski definition) is 0. The van der Waals surface area contributed by atoms with Crippen molar-refractivity contribution in [2.75, 3.05) is 0 Å². The average Bonchev–Trinajstić information content (AvgIpc) is 2.42. The molecule has 2 aromatic rings. The third-order valence-electron chi connectivity index (χ3n) is 2.63. The van der Waals surface area contributed by atoms with E-state index >= 15 is 0 Å². The third-order valence-corrected chi connectivity index (χ3v) is 3.48. The zero-order chi connectivity index (χ0) is 13.8. The van der Waals surface area contributed by atoms with Crippen molar-refractivity contribution in [1.29, 1.82) is 0 Å². The molecule has 98 valence electrons. The molecule has 0 aliphatic carbocycles. The van der Waals surface area contributed by atoms with Gasteiger partial charge in [-0.25, -0.2) is 0 Å². The van der Waals surface area contributed by atoms with Crippen LogP contribution in [0.15, 0.2) is 53.0 Å². The third kappa shape index (κ3) is 3.58. The first-order valence-corrected chi connectivity index (χ1v) is 6.96. The lowest BCUT2D eigenvalue weighted by Crippen LogP contribution is -2.23. The summed E-state index contributed by atoms with van der Waals surface area (Å²) >= 11 is 9.22. The molecule has 0 aromatic heterocycles. The number of carbonyl (C=O) groups excluding carboxylic acids is 1. The standard InChI is InChI=1S/C15H12BrClO2/c1-10(15(18)11-5-3-2-4-6-11)19-14-8-7-12(17)9-13(14)16/h2-10H,1H3. The van der Waals surface area contributed by atoms with Gasteiger partial charge in [0.05, 0.1) is 4.47 Å². The average molecular weight is 340 g/mol. The Hall–Kier alpha value is -1.32. The molecule has 2 rings (SSSR count). The molecular weight excluding hydrogens is 328 g/mol. The van der Waals surface area contributed by atoms with Crippen molar-refractivity contribution in [3.05, 3.63) is 63.6 Å². The maximum atomic E-state index is 12.2. The predicted molar refractivity (Wildman–Crippen MR) is 80.0 cm³/mol. The Bertz CT molecular complexity index is 584. The van der Waals surface area contributed by atoms with Crippen molar-refractivity contribution >= 4 is 33.3 Å². The first-order chi connectivity index (χ1) is 9.08. The van der Waals surface area contributed by atoms with Gasteiger partial charge in [-0.05, 0) is 41.1 Å². The smallest absolute Gasteiger partial charge is 0.202 e. The monoisotopic (exact) mass is 338 g/mol. The number of Topliss-reactive ketones (excluding diaryl/α,β-unsaturated/α-hetero) is 1. The van der Waals surface area contributed by atoms with Crippen LogP contribution in [0.5, 0.6) is 5.75 Å². The summed E-state index contributed by atoms with van der Waals surface area (Å²) in [7, 11) is 0. The molecule has 0 spiro atoms. The highest BCUT2D eigenvalue weighted by molar-refractivity contribution is 9.10. The van der Waals surface area contributed by atoms with E-state index in [-0.39, 0.29) is 5.78 Å². The Morgan fingerprint density at radius 2 is 1.89 bits per heavy atom. The first-order valence-electron chi connectivity index (χ1n) is 5.79. The molecule has 0 amide bonds. The molecule has 0 radical (unpaired) electrons. The number of halogens is 2. The second-order valence-electron chi connectivity index (χ2n) is 4.07. The van der Waals surface area contributed by atoms with Gasteiger partial charge in [0.15, 0.2) is 6.10 Å². The Morgan fingerprint density at radius 3 is 2.53 bits per heavy atom. The highest BCUT2D eigenvalue weighted by Gasteiger charge is 2.17. The highest BCUT2D eigenvalue weighted by atomic mass is 79.9. The summed E-state index contributed by atoms with van der Waals surface area (Å²) < 4.78 is 6.39. The molecule has 0 fully saturated rings. The number of carbonyl (C=O) groups is 1. The van der Waals surface area contributed by atoms with Gasteiger partial charge in [-0.1, -0.05) is 41.9 Å². The first kappa shape index (κ1) is 14.1. The zero-order valence-corrected chi connectivity index (χ0v) is 12.6. The van der Waals surface area contributed by atoms with E-state index in [1.165, 1.54) is 0 Å². The van der Waals surface area contributed by atoms with Crippen LogP contribution in [-0.2, 0) is 0 Å². The van der Waals surface area contributed by atoms with Gasteiger partial charge in [-0.2, -0.15) is 0 Å². The van der Waals surface area contributed by atoms with Gasteiger partial charge in [0, 0.05) is 10.6 Å². The minimum atomic E-state index is -0.556. The topological polar surface area (TPSA) is 26.3 Å². The summed E-state index contributed by atoms with van der Waals surface area (Å²) in [5.74, 6) is 0.545. The van der Waals surface area contributed by atoms with Crippen molar-refractivity contribution in [2.24, 2.45) is 0 Å². The Morgan fingerprint density at radius 1 is 1.21 bits per heavy atom. The molecule has 0 N–H and O–H groups in total. The summed E-state index contributed by atoms with van der Waals surface area (Å²) in [6.07, 6.45) is -0.556. The lowest BCUT2D eigenvalue weighted by atomic mass is 10.1. The molecule has 4 heteroatoms. The van der Waals surface area contributed by atoms with Crippen LogP contribution in [0.1, 0.15) is 17.3 Å². The molecule has 1 unspecified atom stereocenters. The van der Waals surface area contributed by atoms with Gasteiger partial charge in [-0.3, -0.25) is 4.79 Å². The lowest BCUT2D eigenvalue weighted by Gasteiger charge is -2.15. The minimum Gasteiger partial charge on any atom is -0.481 e. The maximum absolute atomic E-state index is 12.2. The quantitative estimate of drug-likeness (QED) is 0.751. The molecule has 2 nitrogen and oxygen atoms in total. The summed E-state index contributed by atoms with van der Waals surface area (Å²) in [4.78, 5) is 12.2. The van der Waals surface area contributed by atoms with Gasteiger partial charge in [-0.15, -0.1) is 0 Å². The summed E-state index contributed by atoms with van der Waals surface area (Å²) in [5.41, 5.74) is 0.639. The normalized spacial score (nSPS) is 11.9. The minimum absolute atomic E-state index is 0.0533. The number of ether oxygens (including phenoxy) is 1. The molecule has 0 bridgehead atoms. The largest absolute Gasteiger partial charge is 0.481 e. The second kappa shape index (κ2) is 6.22. The maximum Gasteiger partial charge on any atom is 0.202 e. The number of benzene rings is 2. The van der Waals surface area contributed by atoms with E-state index in [1.54, 1.807) is 37.3 Å². The van der Waals surface area contributed by atoms with Crippen LogP contribution in [0.4, 0.5) is 0 Å². The van der Waals surface area contributed by atoms with E-state index in [2.05, 4.69) is 15.9 Å². The van der Waals surface area contributed by atoms with Crippen molar-refractivity contribution in [3.8, 4) is 5.75 Å². The van der Waals surface area contributed by atoms with E-state index in [4.69, 9.17) is 16.3 Å².